The summed E-state index contributed by atoms with van der Waals surface area (Å²) in [5.41, 5.74) is 0.427. The summed E-state index contributed by atoms with van der Waals surface area (Å²) in [5, 5.41) is 4.83. The minimum absolute atomic E-state index is 0.194. The fraction of sp³-hybridized carbons (Fsp3) is 0.357. The quantitative estimate of drug-likeness (QED) is 0.792. The predicted molar refractivity (Wildman–Crippen MR) is 79.2 cm³/mol. The van der Waals surface area contributed by atoms with E-state index in [1.165, 1.54) is 4.57 Å². The van der Waals surface area contributed by atoms with Gasteiger partial charge in [-0.25, -0.2) is 9.48 Å². The number of nitrogens with zero attached hydrogens (tertiary/aromatic N) is 3. The van der Waals surface area contributed by atoms with Crippen molar-refractivity contribution in [2.45, 2.75) is 26.9 Å². The minimum atomic E-state index is -0.483. The van der Waals surface area contributed by atoms with Gasteiger partial charge in [0, 0.05) is 17.1 Å². The van der Waals surface area contributed by atoms with Crippen LogP contribution in [0.25, 0.3) is 11.4 Å². The van der Waals surface area contributed by atoms with Gasteiger partial charge in [0.2, 0.25) is 0 Å². The van der Waals surface area contributed by atoms with E-state index in [2.05, 4.69) is 5.10 Å². The van der Waals surface area contributed by atoms with Gasteiger partial charge in [0.1, 0.15) is 6.54 Å². The van der Waals surface area contributed by atoms with Crippen molar-refractivity contribution >= 4 is 17.6 Å². The lowest BCUT2D eigenvalue weighted by molar-refractivity contribution is -0.144. The van der Waals surface area contributed by atoms with Gasteiger partial charge in [0.15, 0.2) is 5.82 Å². The van der Waals surface area contributed by atoms with Crippen LogP contribution in [0.3, 0.4) is 0 Å². The number of esters is 1. The van der Waals surface area contributed by atoms with E-state index in [0.29, 0.717) is 17.4 Å². The number of ether oxygens (including phenoxy) is 1. The fourth-order valence-electron chi connectivity index (χ4n) is 1.97. The van der Waals surface area contributed by atoms with Crippen molar-refractivity contribution in [3.8, 4) is 11.4 Å². The molecule has 0 unspecified atom stereocenters. The van der Waals surface area contributed by atoms with E-state index in [1.54, 1.807) is 31.2 Å². The normalized spacial score (nSPS) is 10.6. The maximum atomic E-state index is 12.2. The van der Waals surface area contributed by atoms with Gasteiger partial charge >= 0.3 is 11.7 Å². The molecule has 0 amide bonds. The van der Waals surface area contributed by atoms with Gasteiger partial charge in [-0.15, -0.1) is 5.10 Å². The highest BCUT2D eigenvalue weighted by Crippen LogP contribution is 2.18. The third-order valence-corrected chi connectivity index (χ3v) is 3.18. The molecule has 0 atom stereocenters. The van der Waals surface area contributed by atoms with Gasteiger partial charge in [-0.05, 0) is 38.1 Å². The fourth-order valence-corrected chi connectivity index (χ4v) is 2.10. The van der Waals surface area contributed by atoms with Crippen molar-refractivity contribution in [3.63, 3.8) is 0 Å². The third-order valence-electron chi connectivity index (χ3n) is 2.93. The molecule has 6 nitrogen and oxygen atoms in total. The molecular weight excluding hydrogens is 294 g/mol. The Morgan fingerprint density at radius 1 is 1.29 bits per heavy atom. The Morgan fingerprint density at radius 3 is 2.52 bits per heavy atom. The zero-order valence-electron chi connectivity index (χ0n) is 11.9. The van der Waals surface area contributed by atoms with E-state index in [-0.39, 0.29) is 18.8 Å². The van der Waals surface area contributed by atoms with Crippen molar-refractivity contribution < 1.29 is 9.53 Å². The second kappa shape index (κ2) is 6.58. The second-order valence-corrected chi connectivity index (χ2v) is 4.76. The highest BCUT2D eigenvalue weighted by molar-refractivity contribution is 6.30. The standard InChI is InChI=1S/C14H16ClN3O3/c1-3-17-13(10-5-7-11(15)8-6-10)16-18(14(17)20)9-12(19)21-4-2/h5-8H,3-4,9H2,1-2H3. The molecule has 0 saturated heterocycles. The van der Waals surface area contributed by atoms with Crippen molar-refractivity contribution in [2.75, 3.05) is 6.61 Å². The zero-order chi connectivity index (χ0) is 15.4. The van der Waals surface area contributed by atoms with Gasteiger partial charge in [-0.1, -0.05) is 11.6 Å². The predicted octanol–water partition coefficient (Wildman–Crippen LogP) is 1.95. The summed E-state index contributed by atoms with van der Waals surface area (Å²) >= 11 is 5.86. The summed E-state index contributed by atoms with van der Waals surface area (Å²) in [6.07, 6.45) is 0. The number of aromatic nitrogens is 3. The molecule has 0 radical (unpaired) electrons. The Balaban J connectivity index is 2.40. The molecule has 1 aromatic heterocycles. The van der Waals surface area contributed by atoms with Crippen molar-refractivity contribution in [3.05, 3.63) is 39.8 Å². The van der Waals surface area contributed by atoms with Gasteiger partial charge in [0.25, 0.3) is 0 Å². The highest BCUT2D eigenvalue weighted by Gasteiger charge is 2.16. The van der Waals surface area contributed by atoms with E-state index >= 15 is 0 Å². The SMILES string of the molecule is CCOC(=O)Cn1nc(-c2ccc(Cl)cc2)n(CC)c1=O. The van der Waals surface area contributed by atoms with Crippen LogP contribution >= 0.6 is 11.6 Å². The van der Waals surface area contributed by atoms with Gasteiger partial charge in [-0.3, -0.25) is 9.36 Å². The summed E-state index contributed by atoms with van der Waals surface area (Å²) in [4.78, 5) is 23.7. The molecule has 7 heteroatoms. The van der Waals surface area contributed by atoms with E-state index in [4.69, 9.17) is 16.3 Å². The summed E-state index contributed by atoms with van der Waals surface area (Å²) < 4.78 is 7.46. The Morgan fingerprint density at radius 2 is 1.95 bits per heavy atom. The Kier molecular flexibility index (Phi) is 4.80. The number of hydrogen-bond donors (Lipinski definition) is 0. The molecular formula is C14H16ClN3O3. The second-order valence-electron chi connectivity index (χ2n) is 4.32. The molecule has 112 valence electrons. The van der Waals surface area contributed by atoms with E-state index in [1.807, 2.05) is 6.92 Å². The van der Waals surface area contributed by atoms with Crippen LogP contribution in [0, 0.1) is 0 Å². The summed E-state index contributed by atoms with van der Waals surface area (Å²) in [7, 11) is 0. The molecule has 0 aliphatic rings. The smallest absolute Gasteiger partial charge is 0.346 e. The number of rotatable bonds is 5. The topological polar surface area (TPSA) is 66.1 Å². The summed E-state index contributed by atoms with van der Waals surface area (Å²) in [6, 6.07) is 7.02. The van der Waals surface area contributed by atoms with Crippen molar-refractivity contribution in [1.82, 2.24) is 14.3 Å². The van der Waals surface area contributed by atoms with Crippen molar-refractivity contribution in [2.24, 2.45) is 0 Å². The summed E-state index contributed by atoms with van der Waals surface area (Å²) in [6.45, 7) is 4.09. The molecule has 2 rings (SSSR count). The maximum Gasteiger partial charge on any atom is 0.346 e. The lowest BCUT2D eigenvalue weighted by atomic mass is 10.2. The average molecular weight is 310 g/mol. The van der Waals surface area contributed by atoms with Crippen LogP contribution in [-0.4, -0.2) is 26.9 Å². The molecule has 0 spiro atoms. The monoisotopic (exact) mass is 309 g/mol. The molecule has 0 saturated carbocycles. The van der Waals surface area contributed by atoms with Gasteiger partial charge in [-0.2, -0.15) is 0 Å². The molecule has 1 heterocycles. The Bertz CT molecular complexity index is 688. The first kappa shape index (κ1) is 15.3. The average Bonchev–Trinajstić information content (AvgIpc) is 2.76. The number of benzene rings is 1. The largest absolute Gasteiger partial charge is 0.465 e. The molecule has 0 N–H and O–H groups in total. The van der Waals surface area contributed by atoms with E-state index in [0.717, 1.165) is 10.2 Å². The maximum absolute atomic E-state index is 12.2. The number of hydrogen-bond acceptors (Lipinski definition) is 4. The molecule has 2 aromatic rings. The molecule has 0 aliphatic heterocycles. The molecule has 0 aliphatic carbocycles. The first-order valence-corrected chi connectivity index (χ1v) is 7.03. The lowest BCUT2D eigenvalue weighted by Gasteiger charge is -2.01. The van der Waals surface area contributed by atoms with Crippen LogP contribution < -0.4 is 5.69 Å². The first-order chi connectivity index (χ1) is 10.1. The van der Waals surface area contributed by atoms with Crippen LogP contribution in [0.15, 0.2) is 29.1 Å². The lowest BCUT2D eigenvalue weighted by Crippen LogP contribution is -2.28. The molecule has 21 heavy (non-hydrogen) atoms. The van der Waals surface area contributed by atoms with Crippen LogP contribution in [0.2, 0.25) is 5.02 Å². The van der Waals surface area contributed by atoms with E-state index in [9.17, 15) is 9.59 Å². The van der Waals surface area contributed by atoms with Crippen molar-refractivity contribution in [1.29, 1.82) is 0 Å². The highest BCUT2D eigenvalue weighted by atomic mass is 35.5. The minimum Gasteiger partial charge on any atom is -0.465 e. The van der Waals surface area contributed by atoms with Crippen LogP contribution in [0.4, 0.5) is 0 Å². The van der Waals surface area contributed by atoms with Crippen LogP contribution in [-0.2, 0) is 22.6 Å². The van der Waals surface area contributed by atoms with Gasteiger partial charge in [0.05, 0.1) is 6.61 Å². The molecule has 1 aromatic carbocycles. The first-order valence-electron chi connectivity index (χ1n) is 6.66. The van der Waals surface area contributed by atoms with Crippen LogP contribution in [0.1, 0.15) is 13.8 Å². The Labute approximate surface area is 126 Å². The zero-order valence-corrected chi connectivity index (χ0v) is 12.6. The third kappa shape index (κ3) is 3.33. The summed E-state index contributed by atoms with van der Waals surface area (Å²) in [5.74, 6) is 0.0199. The number of carbonyl (C=O) groups excluding carboxylic acids is 1. The number of halogens is 1. The molecule has 0 fully saturated rings. The van der Waals surface area contributed by atoms with Crippen LogP contribution in [0.5, 0.6) is 0 Å². The van der Waals surface area contributed by atoms with E-state index < -0.39 is 5.97 Å². The van der Waals surface area contributed by atoms with Gasteiger partial charge < -0.3 is 4.74 Å². The molecule has 0 bridgehead atoms. The Hall–Kier alpha value is -2.08. The number of carbonyl (C=O) groups is 1.